The molecule has 0 aromatic heterocycles. The van der Waals surface area contributed by atoms with Crippen molar-refractivity contribution in [1.82, 2.24) is 0 Å². The lowest BCUT2D eigenvalue weighted by Crippen LogP contribution is -2.56. The highest BCUT2D eigenvalue weighted by Crippen LogP contribution is 2.98. The van der Waals surface area contributed by atoms with Crippen molar-refractivity contribution in [2.75, 3.05) is 0 Å². The quantitative estimate of drug-likeness (QED) is 0.461. The van der Waals surface area contributed by atoms with Gasteiger partial charge in [0.05, 0.1) is 0 Å². The zero-order chi connectivity index (χ0) is 19.1. The third-order valence-corrected chi connectivity index (χ3v) is 9.76. The van der Waals surface area contributed by atoms with E-state index in [0.717, 1.165) is 11.3 Å². The highest BCUT2D eigenvalue weighted by molar-refractivity contribution is 6.03. The monoisotopic (exact) mass is 366 g/mol. The first-order chi connectivity index (χ1) is 13.4. The Labute approximate surface area is 166 Å². The maximum Gasteiger partial charge on any atom is 0.123 e. The highest BCUT2D eigenvalue weighted by Gasteiger charge is 2.91. The lowest BCUT2D eigenvalue weighted by atomic mass is 9.38. The van der Waals surface area contributed by atoms with Crippen LogP contribution in [0.2, 0.25) is 0 Å². The minimum absolute atomic E-state index is 0.350. The Hall–Kier alpha value is -2.28. The first-order valence-corrected chi connectivity index (χ1v) is 10.8. The Morgan fingerprint density at radius 3 is 2.36 bits per heavy atom. The molecule has 0 aliphatic heterocycles. The second-order valence-electron chi connectivity index (χ2n) is 10.5. The van der Waals surface area contributed by atoms with Gasteiger partial charge in [-0.1, -0.05) is 69.3 Å². The molecule has 0 radical (unpaired) electrons. The van der Waals surface area contributed by atoms with Gasteiger partial charge in [0.25, 0.3) is 0 Å². The minimum Gasteiger partial charge on any atom is -0.507 e. The molecule has 5 unspecified atom stereocenters. The van der Waals surface area contributed by atoms with Crippen molar-refractivity contribution in [1.29, 1.82) is 0 Å². The lowest BCUT2D eigenvalue weighted by Gasteiger charge is -2.65. The molecular formula is C27H26O. The van der Waals surface area contributed by atoms with Gasteiger partial charge in [-0.15, -0.1) is 0 Å². The zero-order valence-electron chi connectivity index (χ0n) is 16.8. The number of benzene rings is 3. The molecule has 1 spiro atoms. The number of hydrogen-bond donors (Lipinski definition) is 1. The van der Waals surface area contributed by atoms with Crippen LogP contribution in [-0.2, 0) is 0 Å². The maximum absolute atomic E-state index is 10.9. The summed E-state index contributed by atoms with van der Waals surface area (Å²) in [5.41, 5.74) is 6.97. The highest BCUT2D eigenvalue weighted by atomic mass is 16.3. The van der Waals surface area contributed by atoms with Crippen molar-refractivity contribution in [3.63, 3.8) is 0 Å². The zero-order valence-corrected chi connectivity index (χ0v) is 16.8. The summed E-state index contributed by atoms with van der Waals surface area (Å²) < 4.78 is 0. The molecule has 3 saturated carbocycles. The van der Waals surface area contributed by atoms with Crippen molar-refractivity contribution in [3.05, 3.63) is 65.7 Å². The molecule has 0 saturated heterocycles. The first kappa shape index (κ1) is 15.6. The van der Waals surface area contributed by atoms with Crippen LogP contribution in [0.5, 0.6) is 5.75 Å². The minimum atomic E-state index is 0.350. The molecular weight excluding hydrogens is 340 g/mol. The third kappa shape index (κ3) is 1.28. The Morgan fingerprint density at radius 1 is 0.857 bits per heavy atom. The van der Waals surface area contributed by atoms with Crippen LogP contribution in [0.4, 0.5) is 0 Å². The topological polar surface area (TPSA) is 20.2 Å². The molecule has 28 heavy (non-hydrogen) atoms. The van der Waals surface area contributed by atoms with Crippen LogP contribution in [0.3, 0.4) is 0 Å². The second kappa shape index (κ2) is 4.32. The lowest BCUT2D eigenvalue weighted by molar-refractivity contribution is -0.0601. The van der Waals surface area contributed by atoms with Crippen LogP contribution in [-0.4, -0.2) is 5.11 Å². The molecule has 7 rings (SSSR count). The number of hydrogen-bond acceptors (Lipinski definition) is 1. The largest absolute Gasteiger partial charge is 0.507 e. The second-order valence-corrected chi connectivity index (χ2v) is 10.5. The molecule has 3 fully saturated rings. The molecule has 140 valence electrons. The van der Waals surface area contributed by atoms with Gasteiger partial charge in [0.2, 0.25) is 0 Å². The predicted octanol–water partition coefficient (Wildman–Crippen LogP) is 6.85. The van der Waals surface area contributed by atoms with Crippen molar-refractivity contribution < 1.29 is 5.11 Å². The molecule has 0 amide bonds. The van der Waals surface area contributed by atoms with Crippen LogP contribution in [0.15, 0.2) is 54.6 Å². The van der Waals surface area contributed by atoms with E-state index in [1.54, 1.807) is 5.56 Å². The molecule has 3 aromatic carbocycles. The van der Waals surface area contributed by atoms with Crippen molar-refractivity contribution in [2.24, 2.45) is 22.2 Å². The fourth-order valence-electron chi connectivity index (χ4n) is 9.07. The molecule has 1 N–H and O–H groups in total. The number of aromatic hydroxyl groups is 1. The summed E-state index contributed by atoms with van der Waals surface area (Å²) in [4.78, 5) is 0. The van der Waals surface area contributed by atoms with E-state index >= 15 is 0 Å². The van der Waals surface area contributed by atoms with Gasteiger partial charge < -0.3 is 5.11 Å². The van der Waals surface area contributed by atoms with E-state index in [0.29, 0.717) is 33.8 Å². The van der Waals surface area contributed by atoms with Crippen molar-refractivity contribution >= 4 is 10.8 Å². The number of rotatable bonds is 0. The van der Waals surface area contributed by atoms with Gasteiger partial charge in [0.15, 0.2) is 0 Å². The first-order valence-electron chi connectivity index (χ1n) is 10.8. The van der Waals surface area contributed by atoms with Gasteiger partial charge >= 0.3 is 0 Å². The predicted molar refractivity (Wildman–Crippen MR) is 114 cm³/mol. The molecule has 4 aliphatic carbocycles. The summed E-state index contributed by atoms with van der Waals surface area (Å²) in [5, 5.41) is 13.1. The molecule has 1 heteroatoms. The number of fused-ring (bicyclic) bond motifs is 9. The van der Waals surface area contributed by atoms with Gasteiger partial charge in [-0.05, 0) is 80.5 Å². The SMILES string of the molecule is CC1(C)C2CCC3(C)C4c5cc(O)c6ccccc6c5-c5ccccc5C4C213. The average molecular weight is 367 g/mol. The fraction of sp³-hybridized carbons (Fsp3) is 0.407. The number of phenols is 1. The average Bonchev–Trinajstić information content (AvgIpc) is 3.09. The maximum atomic E-state index is 10.9. The summed E-state index contributed by atoms with van der Waals surface area (Å²) in [6, 6.07) is 19.6. The molecule has 0 heterocycles. The van der Waals surface area contributed by atoms with E-state index in [1.165, 1.54) is 34.9 Å². The van der Waals surface area contributed by atoms with Crippen LogP contribution in [0, 0.1) is 22.2 Å². The van der Waals surface area contributed by atoms with E-state index in [4.69, 9.17) is 0 Å². The van der Waals surface area contributed by atoms with Crippen LogP contribution >= 0.6 is 0 Å². The summed E-state index contributed by atoms with van der Waals surface area (Å²) in [7, 11) is 0. The van der Waals surface area contributed by atoms with E-state index in [2.05, 4.69) is 69.3 Å². The smallest absolute Gasteiger partial charge is 0.123 e. The van der Waals surface area contributed by atoms with Crippen molar-refractivity contribution in [3.8, 4) is 16.9 Å². The summed E-state index contributed by atoms with van der Waals surface area (Å²) in [6.45, 7) is 7.59. The van der Waals surface area contributed by atoms with E-state index in [1.807, 2.05) is 6.07 Å². The molecule has 5 atom stereocenters. The van der Waals surface area contributed by atoms with Crippen LogP contribution in [0.1, 0.15) is 56.6 Å². The summed E-state index contributed by atoms with van der Waals surface area (Å²) in [5.74, 6) is 2.43. The van der Waals surface area contributed by atoms with E-state index < -0.39 is 0 Å². The summed E-state index contributed by atoms with van der Waals surface area (Å²) >= 11 is 0. The molecule has 1 nitrogen and oxygen atoms in total. The van der Waals surface area contributed by atoms with Crippen molar-refractivity contribution in [2.45, 2.75) is 45.4 Å². The van der Waals surface area contributed by atoms with Crippen LogP contribution in [0.25, 0.3) is 21.9 Å². The third-order valence-electron chi connectivity index (χ3n) is 9.76. The Kier molecular flexibility index (Phi) is 2.41. The molecule has 4 aliphatic rings. The standard InChI is InChI=1S/C27H26O/c1-25(2)21-12-13-26(3)23-19-14-20(28)15-8-4-5-9-16(15)22(19)17-10-6-7-11-18(17)24(23)27(21,25)26/h4-11,14,21,23-24,28H,12-13H2,1-3H3. The van der Waals surface area contributed by atoms with Crippen LogP contribution < -0.4 is 0 Å². The normalized spacial score (nSPS) is 37.9. The van der Waals surface area contributed by atoms with Gasteiger partial charge in [0, 0.05) is 5.39 Å². The molecule has 0 bridgehead atoms. The Bertz CT molecular complexity index is 1200. The fourth-order valence-corrected chi connectivity index (χ4v) is 9.07. The Balaban J connectivity index is 1.61. The Morgan fingerprint density at radius 2 is 1.57 bits per heavy atom. The van der Waals surface area contributed by atoms with E-state index in [-0.39, 0.29) is 0 Å². The van der Waals surface area contributed by atoms with Gasteiger partial charge in [-0.3, -0.25) is 0 Å². The van der Waals surface area contributed by atoms with Gasteiger partial charge in [0.1, 0.15) is 5.75 Å². The van der Waals surface area contributed by atoms with Gasteiger partial charge in [-0.2, -0.15) is 0 Å². The van der Waals surface area contributed by atoms with Gasteiger partial charge in [-0.25, -0.2) is 0 Å². The van der Waals surface area contributed by atoms with E-state index in [9.17, 15) is 5.11 Å². The number of phenolic OH excluding ortho intramolecular Hbond substituents is 1. The molecule has 3 aromatic rings. The summed E-state index contributed by atoms with van der Waals surface area (Å²) in [6.07, 6.45) is 2.70.